The zero-order chi connectivity index (χ0) is 25.4. The van der Waals surface area contributed by atoms with Gasteiger partial charge in [-0.3, -0.25) is 14.8 Å². The van der Waals surface area contributed by atoms with Gasteiger partial charge in [0.15, 0.2) is 0 Å². The number of sulfonamides is 1. The number of primary sulfonamides is 1. The quantitative estimate of drug-likeness (QED) is 0.504. The molecule has 1 heterocycles. The summed E-state index contributed by atoms with van der Waals surface area (Å²) in [5.74, 6) is -0.293. The lowest BCUT2D eigenvalue weighted by Gasteiger charge is -2.14. The molecule has 0 aliphatic heterocycles. The molecule has 182 valence electrons. The molecule has 0 fully saturated rings. The van der Waals surface area contributed by atoms with E-state index in [2.05, 4.69) is 15.3 Å². The highest BCUT2D eigenvalue weighted by molar-refractivity contribution is 7.89. The van der Waals surface area contributed by atoms with Crippen LogP contribution in [0.4, 0.5) is 4.39 Å². The average molecular weight is 515 g/mol. The van der Waals surface area contributed by atoms with Crippen molar-refractivity contribution in [3.63, 3.8) is 0 Å². The van der Waals surface area contributed by atoms with Crippen molar-refractivity contribution < 1.29 is 17.6 Å². The van der Waals surface area contributed by atoms with Gasteiger partial charge in [0.25, 0.3) is 5.91 Å². The van der Waals surface area contributed by atoms with Crippen molar-refractivity contribution >= 4 is 38.6 Å². The van der Waals surface area contributed by atoms with Crippen molar-refractivity contribution in [1.29, 1.82) is 0 Å². The van der Waals surface area contributed by atoms with Crippen LogP contribution in [0.5, 0.6) is 0 Å². The molecule has 10 heteroatoms. The maximum absolute atomic E-state index is 13.1. The molecule has 1 atom stereocenters. The van der Waals surface area contributed by atoms with Gasteiger partial charge in [-0.25, -0.2) is 17.9 Å². The van der Waals surface area contributed by atoms with Gasteiger partial charge in [-0.15, -0.1) is 0 Å². The summed E-state index contributed by atoms with van der Waals surface area (Å²) in [6.45, 7) is 1.92. The summed E-state index contributed by atoms with van der Waals surface area (Å²) in [6.07, 6.45) is 10.8. The number of hydrogen-bond donors (Lipinski definition) is 2. The second-order valence-corrected chi connectivity index (χ2v) is 9.74. The van der Waals surface area contributed by atoms with Crippen LogP contribution in [0.15, 0.2) is 95.5 Å². The summed E-state index contributed by atoms with van der Waals surface area (Å²) in [6, 6.07) is 11.4. The van der Waals surface area contributed by atoms with Crippen molar-refractivity contribution in [1.82, 2.24) is 15.3 Å². The molecule has 1 aliphatic rings. The molecule has 1 unspecified atom stereocenters. The molecular weight excluding hydrogens is 491 g/mol. The van der Waals surface area contributed by atoms with E-state index >= 15 is 0 Å². The monoisotopic (exact) mass is 514 g/mol. The van der Waals surface area contributed by atoms with Gasteiger partial charge < -0.3 is 5.32 Å². The predicted octanol–water partition coefficient (Wildman–Crippen LogP) is 4.87. The van der Waals surface area contributed by atoms with Crippen LogP contribution in [0, 0.1) is 0 Å². The van der Waals surface area contributed by atoms with E-state index in [9.17, 15) is 17.6 Å². The third-order valence-corrected chi connectivity index (χ3v) is 6.11. The first-order valence-corrected chi connectivity index (χ1v) is 12.6. The van der Waals surface area contributed by atoms with Crippen molar-refractivity contribution in [2.24, 2.45) is 5.14 Å². The van der Waals surface area contributed by atoms with Crippen LogP contribution in [0.1, 0.15) is 30.1 Å². The lowest BCUT2D eigenvalue weighted by Crippen LogP contribution is -2.32. The van der Waals surface area contributed by atoms with Gasteiger partial charge in [0.05, 0.1) is 5.52 Å². The molecule has 35 heavy (non-hydrogen) atoms. The summed E-state index contributed by atoms with van der Waals surface area (Å²) in [4.78, 5) is 20.0. The first-order chi connectivity index (χ1) is 16.6. The van der Waals surface area contributed by atoms with Gasteiger partial charge in [-0.05, 0) is 61.4 Å². The fourth-order valence-electron chi connectivity index (χ4n) is 3.29. The highest BCUT2D eigenvalue weighted by atomic mass is 35.5. The third kappa shape index (κ3) is 7.81. The van der Waals surface area contributed by atoms with Gasteiger partial charge in [0, 0.05) is 35.4 Å². The first-order valence-electron chi connectivity index (χ1n) is 10.6. The smallest absolute Gasteiger partial charge is 0.251 e. The first kappa shape index (κ1) is 26.2. The van der Waals surface area contributed by atoms with E-state index < -0.39 is 10.0 Å². The lowest BCUT2D eigenvalue weighted by atomic mass is 10.1. The van der Waals surface area contributed by atoms with E-state index in [1.165, 1.54) is 24.5 Å². The number of nitrogens with zero attached hydrogens (tertiary/aromatic N) is 2. The van der Waals surface area contributed by atoms with Crippen LogP contribution in [0.2, 0.25) is 5.02 Å². The number of carbonyl (C=O) groups is 1. The van der Waals surface area contributed by atoms with Gasteiger partial charge in [0.2, 0.25) is 10.0 Å². The molecule has 0 bridgehead atoms. The largest absolute Gasteiger partial charge is 0.349 e. The molecule has 3 N–H and O–H groups in total. The van der Waals surface area contributed by atoms with E-state index in [1.807, 2.05) is 13.0 Å². The number of fused-ring (bicyclic) bond motifs is 1. The molecule has 1 amide bonds. The van der Waals surface area contributed by atoms with E-state index in [4.69, 9.17) is 16.7 Å². The molecule has 1 aromatic heterocycles. The Labute approximate surface area is 208 Å². The van der Waals surface area contributed by atoms with Gasteiger partial charge in [-0.1, -0.05) is 35.9 Å². The number of allylic oxidation sites excluding steroid dienone is 5. The van der Waals surface area contributed by atoms with Crippen molar-refractivity contribution in [3.05, 3.63) is 101 Å². The Kier molecular flexibility index (Phi) is 8.86. The van der Waals surface area contributed by atoms with Gasteiger partial charge in [0.1, 0.15) is 16.2 Å². The Bertz CT molecular complexity index is 1400. The van der Waals surface area contributed by atoms with Crippen LogP contribution in [0.25, 0.3) is 11.0 Å². The number of carbonyl (C=O) groups excluding carboxylic acids is 1. The normalized spacial score (nSPS) is 14.2. The summed E-state index contributed by atoms with van der Waals surface area (Å²) >= 11 is 5.80. The standard InChI is InChI=1S/C17H17ClFNO.C8H7N3O2S/c1-12(11-13-3-2-4-16(19)10-5-13)20-17(21)14-6-8-15(18)9-7-14;9-14(12,13)7-3-1-2-6-8(7)11-5-4-10-6/h2-3,5-10,12H,4,11H2,1H3,(H,20,21);1-5H,(H2,9,12,13). The molecule has 2 aromatic carbocycles. The Morgan fingerprint density at radius 2 is 1.86 bits per heavy atom. The molecule has 0 saturated heterocycles. The number of aromatic nitrogens is 2. The minimum atomic E-state index is -3.73. The van der Waals surface area contributed by atoms with Crippen molar-refractivity contribution in [2.45, 2.75) is 30.7 Å². The third-order valence-electron chi connectivity index (χ3n) is 4.92. The Morgan fingerprint density at radius 3 is 2.57 bits per heavy atom. The van der Waals surface area contributed by atoms with Crippen molar-refractivity contribution in [3.8, 4) is 0 Å². The molecule has 7 nitrogen and oxygen atoms in total. The number of nitrogens with one attached hydrogen (secondary N) is 1. The highest BCUT2D eigenvalue weighted by Gasteiger charge is 2.13. The Hall–Kier alpha value is -3.40. The summed E-state index contributed by atoms with van der Waals surface area (Å²) < 4.78 is 35.4. The molecule has 1 aliphatic carbocycles. The zero-order valence-corrected chi connectivity index (χ0v) is 20.4. The van der Waals surface area contributed by atoms with E-state index in [-0.39, 0.29) is 22.7 Å². The SMILES string of the molecule is CC(CC1=CC=C(F)CC=C1)NC(=O)c1ccc(Cl)cc1.NS(=O)(=O)c1cccc2nccnc12. The predicted molar refractivity (Wildman–Crippen MR) is 135 cm³/mol. The second kappa shape index (κ2) is 11.8. The van der Waals surface area contributed by atoms with Crippen LogP contribution < -0.4 is 10.5 Å². The second-order valence-electron chi connectivity index (χ2n) is 7.77. The van der Waals surface area contributed by atoms with Crippen LogP contribution in [-0.2, 0) is 10.0 Å². The van der Waals surface area contributed by atoms with Crippen LogP contribution >= 0.6 is 11.6 Å². The molecule has 0 spiro atoms. The zero-order valence-electron chi connectivity index (χ0n) is 18.9. The molecule has 0 saturated carbocycles. The number of rotatable bonds is 5. The van der Waals surface area contributed by atoms with E-state index in [1.54, 1.807) is 48.6 Å². The molecular formula is C25H24ClFN4O3S. The maximum Gasteiger partial charge on any atom is 0.251 e. The molecule has 0 radical (unpaired) electrons. The van der Waals surface area contributed by atoms with E-state index in [0.717, 1.165) is 5.57 Å². The summed E-state index contributed by atoms with van der Waals surface area (Å²) in [5, 5.41) is 8.55. The number of hydrogen-bond acceptors (Lipinski definition) is 5. The lowest BCUT2D eigenvalue weighted by molar-refractivity contribution is 0.0940. The van der Waals surface area contributed by atoms with Gasteiger partial charge >= 0.3 is 0 Å². The van der Waals surface area contributed by atoms with Crippen LogP contribution in [0.3, 0.4) is 0 Å². The molecule has 3 aromatic rings. The fraction of sp³-hybridized carbons (Fsp3) is 0.160. The fourth-order valence-corrected chi connectivity index (χ4v) is 4.11. The van der Waals surface area contributed by atoms with E-state index in [0.29, 0.717) is 34.5 Å². The van der Waals surface area contributed by atoms with Crippen molar-refractivity contribution in [2.75, 3.05) is 0 Å². The number of benzene rings is 2. The number of para-hydroxylation sites is 1. The topological polar surface area (TPSA) is 115 Å². The maximum atomic E-state index is 13.1. The Balaban J connectivity index is 0.000000211. The number of amides is 1. The summed E-state index contributed by atoms with van der Waals surface area (Å²) in [7, 11) is -3.73. The average Bonchev–Trinajstić information content (AvgIpc) is 3.02. The minimum Gasteiger partial charge on any atom is -0.349 e. The number of nitrogens with two attached hydrogens (primary N) is 1. The Morgan fingerprint density at radius 1 is 1.14 bits per heavy atom. The summed E-state index contributed by atoms with van der Waals surface area (Å²) in [5.41, 5.74) is 2.38. The van der Waals surface area contributed by atoms with Gasteiger partial charge in [-0.2, -0.15) is 0 Å². The minimum absolute atomic E-state index is 0.00287. The van der Waals surface area contributed by atoms with Crippen LogP contribution in [-0.4, -0.2) is 30.3 Å². The highest BCUT2D eigenvalue weighted by Crippen LogP contribution is 2.18. The number of halogens is 2. The molecule has 4 rings (SSSR count).